The first-order valence-corrected chi connectivity index (χ1v) is 8.00. The van der Waals surface area contributed by atoms with Crippen LogP contribution in [0.4, 0.5) is 14.5 Å². The Morgan fingerprint density at radius 2 is 1.88 bits per heavy atom. The first-order valence-electron chi connectivity index (χ1n) is 8.00. The molecule has 26 heavy (non-hydrogen) atoms. The number of nitrogens with one attached hydrogen (secondary N) is 1. The van der Waals surface area contributed by atoms with E-state index in [1.165, 1.54) is 18.2 Å². The van der Waals surface area contributed by atoms with Crippen LogP contribution in [0.25, 0.3) is 22.4 Å². The molecule has 3 aromatic rings. The highest BCUT2D eigenvalue weighted by atomic mass is 19.1. The Kier molecular flexibility index (Phi) is 3.72. The minimum absolute atomic E-state index is 0.0237. The number of rotatable bonds is 2. The summed E-state index contributed by atoms with van der Waals surface area (Å²) in [5.74, 6) is -1.22. The van der Waals surface area contributed by atoms with Crippen LogP contribution in [0.5, 0.6) is 5.75 Å². The van der Waals surface area contributed by atoms with Gasteiger partial charge < -0.3 is 10.1 Å². The predicted octanol–water partition coefficient (Wildman–Crippen LogP) is 3.67. The van der Waals surface area contributed by atoms with Gasteiger partial charge >= 0.3 is 0 Å². The Bertz CT molecular complexity index is 1030. The van der Waals surface area contributed by atoms with Crippen molar-refractivity contribution in [1.29, 1.82) is 0 Å². The van der Waals surface area contributed by atoms with Crippen LogP contribution in [-0.4, -0.2) is 22.3 Å². The van der Waals surface area contributed by atoms with E-state index < -0.39 is 5.82 Å². The summed E-state index contributed by atoms with van der Waals surface area (Å²) < 4.78 is 34.6. The van der Waals surface area contributed by atoms with Crippen LogP contribution in [0.3, 0.4) is 0 Å². The van der Waals surface area contributed by atoms with Gasteiger partial charge in [-0.05, 0) is 36.8 Å². The summed E-state index contributed by atoms with van der Waals surface area (Å²) in [7, 11) is 1.75. The van der Waals surface area contributed by atoms with Crippen LogP contribution in [0.15, 0.2) is 36.4 Å². The summed E-state index contributed by atoms with van der Waals surface area (Å²) in [6.07, 6.45) is 0. The molecule has 0 spiro atoms. The zero-order valence-electron chi connectivity index (χ0n) is 14.1. The molecular weight excluding hydrogens is 340 g/mol. The average Bonchev–Trinajstić information content (AvgIpc) is 2.89. The van der Waals surface area contributed by atoms with Crippen molar-refractivity contribution in [2.45, 2.75) is 6.92 Å². The van der Waals surface area contributed by atoms with E-state index in [0.29, 0.717) is 11.3 Å². The molecule has 2 heterocycles. The molecular formula is C19H15F2N3O2. The van der Waals surface area contributed by atoms with Gasteiger partial charge in [-0.3, -0.25) is 9.48 Å². The Hall–Kier alpha value is -3.22. The SMILES string of the molecule is Cc1nn(C)c(-c2cc(F)c3c(c2)NC(=O)CO3)c1-c1ccc(F)cc1. The fourth-order valence-corrected chi connectivity index (χ4v) is 3.25. The van der Waals surface area contributed by atoms with Crippen LogP contribution in [-0.2, 0) is 11.8 Å². The second-order valence-corrected chi connectivity index (χ2v) is 6.11. The van der Waals surface area contributed by atoms with Crippen molar-refractivity contribution >= 4 is 11.6 Å². The molecule has 0 radical (unpaired) electrons. The second-order valence-electron chi connectivity index (χ2n) is 6.11. The third-order valence-corrected chi connectivity index (χ3v) is 4.29. The summed E-state index contributed by atoms with van der Waals surface area (Å²) in [6, 6.07) is 9.05. The zero-order chi connectivity index (χ0) is 18.4. The molecule has 132 valence electrons. The van der Waals surface area contributed by atoms with Gasteiger partial charge in [0.2, 0.25) is 0 Å². The van der Waals surface area contributed by atoms with Gasteiger partial charge in [-0.25, -0.2) is 8.78 Å². The molecule has 0 saturated carbocycles. The summed E-state index contributed by atoms with van der Waals surface area (Å²) in [6.45, 7) is 1.62. The monoisotopic (exact) mass is 355 g/mol. The highest BCUT2D eigenvalue weighted by Crippen LogP contribution is 2.40. The number of aromatic nitrogens is 2. The van der Waals surface area contributed by atoms with Crippen molar-refractivity contribution in [3.8, 4) is 28.1 Å². The van der Waals surface area contributed by atoms with E-state index in [1.807, 2.05) is 6.92 Å². The van der Waals surface area contributed by atoms with Crippen LogP contribution in [0, 0.1) is 18.6 Å². The summed E-state index contributed by atoms with van der Waals surface area (Å²) >= 11 is 0. The molecule has 0 saturated heterocycles. The molecule has 0 fully saturated rings. The summed E-state index contributed by atoms with van der Waals surface area (Å²) in [5.41, 5.74) is 3.75. The molecule has 1 aliphatic heterocycles. The Labute approximate surface area is 148 Å². The standard InChI is InChI=1S/C19H15F2N3O2/c1-10-17(11-3-5-13(20)6-4-11)18(24(2)23-10)12-7-14(21)19-15(8-12)22-16(25)9-26-19/h3-8H,9H2,1-2H3,(H,22,25). The smallest absolute Gasteiger partial charge is 0.262 e. The number of carbonyl (C=O) groups is 1. The van der Waals surface area contributed by atoms with Gasteiger partial charge in [-0.1, -0.05) is 12.1 Å². The molecule has 1 aliphatic rings. The molecule has 1 amide bonds. The van der Waals surface area contributed by atoms with Crippen LogP contribution in [0.1, 0.15) is 5.69 Å². The third-order valence-electron chi connectivity index (χ3n) is 4.29. The Morgan fingerprint density at radius 1 is 1.15 bits per heavy atom. The molecule has 5 nitrogen and oxygen atoms in total. The Morgan fingerprint density at radius 3 is 2.62 bits per heavy atom. The number of amides is 1. The number of benzene rings is 2. The number of hydrogen-bond acceptors (Lipinski definition) is 3. The van der Waals surface area contributed by atoms with Crippen molar-refractivity contribution in [3.63, 3.8) is 0 Å². The number of hydrogen-bond donors (Lipinski definition) is 1. The van der Waals surface area contributed by atoms with E-state index >= 15 is 0 Å². The largest absolute Gasteiger partial charge is 0.478 e. The average molecular weight is 355 g/mol. The molecule has 1 aromatic heterocycles. The highest BCUT2D eigenvalue weighted by Gasteiger charge is 2.24. The van der Waals surface area contributed by atoms with E-state index in [0.717, 1.165) is 16.8 Å². The van der Waals surface area contributed by atoms with Gasteiger partial charge in [0.05, 0.1) is 17.1 Å². The zero-order valence-corrected chi connectivity index (χ0v) is 14.1. The molecule has 0 aliphatic carbocycles. The quantitative estimate of drug-likeness (QED) is 0.763. The third kappa shape index (κ3) is 2.61. The maximum atomic E-state index is 14.5. The van der Waals surface area contributed by atoms with E-state index in [4.69, 9.17) is 4.74 Å². The van der Waals surface area contributed by atoms with Crippen LogP contribution >= 0.6 is 0 Å². The van der Waals surface area contributed by atoms with Crippen molar-refractivity contribution in [1.82, 2.24) is 9.78 Å². The minimum atomic E-state index is -0.568. The van der Waals surface area contributed by atoms with E-state index in [9.17, 15) is 13.6 Å². The lowest BCUT2D eigenvalue weighted by Gasteiger charge is -2.19. The molecule has 4 rings (SSSR count). The minimum Gasteiger partial charge on any atom is -0.478 e. The van der Waals surface area contributed by atoms with Crippen molar-refractivity contribution in [2.24, 2.45) is 7.05 Å². The van der Waals surface area contributed by atoms with Gasteiger partial charge in [0.15, 0.2) is 18.2 Å². The highest BCUT2D eigenvalue weighted by molar-refractivity contribution is 5.97. The number of halogens is 2. The molecule has 0 atom stereocenters. The topological polar surface area (TPSA) is 56.2 Å². The number of nitrogens with zero attached hydrogens (tertiary/aromatic N) is 2. The van der Waals surface area contributed by atoms with Gasteiger partial charge in [0.25, 0.3) is 5.91 Å². The maximum Gasteiger partial charge on any atom is 0.262 e. The molecule has 7 heteroatoms. The number of aryl methyl sites for hydroxylation is 2. The van der Waals surface area contributed by atoms with E-state index in [1.54, 1.807) is 29.9 Å². The fourth-order valence-electron chi connectivity index (χ4n) is 3.25. The molecule has 2 aromatic carbocycles. The van der Waals surface area contributed by atoms with E-state index in [-0.39, 0.29) is 29.8 Å². The predicted molar refractivity (Wildman–Crippen MR) is 92.9 cm³/mol. The lowest BCUT2D eigenvalue weighted by atomic mass is 9.98. The maximum absolute atomic E-state index is 14.5. The first-order chi connectivity index (χ1) is 12.4. The molecule has 0 unspecified atom stereocenters. The first kappa shape index (κ1) is 16.3. The van der Waals surface area contributed by atoms with Crippen molar-refractivity contribution in [3.05, 3.63) is 53.7 Å². The van der Waals surface area contributed by atoms with Gasteiger partial charge in [-0.15, -0.1) is 0 Å². The van der Waals surface area contributed by atoms with Gasteiger partial charge in [0.1, 0.15) is 5.82 Å². The molecule has 0 bridgehead atoms. The van der Waals surface area contributed by atoms with E-state index in [2.05, 4.69) is 10.4 Å². The Balaban J connectivity index is 1.92. The summed E-state index contributed by atoms with van der Waals surface area (Å²) in [4.78, 5) is 11.6. The second kappa shape index (κ2) is 5.94. The van der Waals surface area contributed by atoms with Crippen LogP contribution < -0.4 is 10.1 Å². The number of ether oxygens (including phenoxy) is 1. The summed E-state index contributed by atoms with van der Waals surface area (Å²) in [5, 5.41) is 7.05. The van der Waals surface area contributed by atoms with Crippen molar-refractivity contribution in [2.75, 3.05) is 11.9 Å². The number of anilines is 1. The van der Waals surface area contributed by atoms with Crippen molar-refractivity contribution < 1.29 is 18.3 Å². The lowest BCUT2D eigenvalue weighted by molar-refractivity contribution is -0.118. The van der Waals surface area contributed by atoms with Gasteiger partial charge in [0, 0.05) is 18.2 Å². The van der Waals surface area contributed by atoms with Crippen LogP contribution in [0.2, 0.25) is 0 Å². The lowest BCUT2D eigenvalue weighted by Crippen LogP contribution is -2.26. The number of fused-ring (bicyclic) bond motifs is 1. The fraction of sp³-hybridized carbons (Fsp3) is 0.158. The van der Waals surface area contributed by atoms with Gasteiger partial charge in [-0.2, -0.15) is 5.10 Å². The number of carbonyl (C=O) groups excluding carboxylic acids is 1. The normalized spacial score (nSPS) is 13.2. The molecule has 1 N–H and O–H groups in total.